The van der Waals surface area contributed by atoms with Crippen molar-refractivity contribution >= 4 is 38.9 Å². The Bertz CT molecular complexity index is 1090. The molecule has 0 atom stereocenters. The van der Waals surface area contributed by atoms with E-state index in [0.717, 1.165) is 0 Å². The van der Waals surface area contributed by atoms with Gasteiger partial charge in [0, 0.05) is 22.0 Å². The van der Waals surface area contributed by atoms with Gasteiger partial charge in [-0.2, -0.15) is 0 Å². The number of nitrogens with one attached hydrogen (secondary N) is 2. The molecule has 0 aliphatic heterocycles. The first-order valence-electron chi connectivity index (χ1n) is 8.34. The number of hydrogen-bond acceptors (Lipinski definition) is 5. The Balaban J connectivity index is 1.74. The Hall–Kier alpha value is -2.84. The van der Waals surface area contributed by atoms with E-state index < -0.39 is 10.0 Å². The zero-order valence-electron chi connectivity index (χ0n) is 15.2. The predicted octanol–water partition coefficient (Wildman–Crippen LogP) is 3.93. The summed E-state index contributed by atoms with van der Waals surface area (Å²) in [6, 6.07) is 12.3. The molecule has 7 nitrogen and oxygen atoms in total. The van der Waals surface area contributed by atoms with Crippen molar-refractivity contribution in [2.24, 2.45) is 0 Å². The standard InChI is InChI=1S/C19H18ClN3O4S/c1-12-18(13(2)27-22-12)11-19(24)21-16-4-3-5-17(10-16)28(25,26)23-15-8-6-14(20)7-9-15/h3-10,23H,11H2,1-2H3,(H,21,24). The van der Waals surface area contributed by atoms with Gasteiger partial charge < -0.3 is 9.84 Å². The van der Waals surface area contributed by atoms with Crippen LogP contribution in [-0.2, 0) is 21.2 Å². The first kappa shape index (κ1) is 19.9. The molecule has 2 N–H and O–H groups in total. The quantitative estimate of drug-likeness (QED) is 0.630. The van der Waals surface area contributed by atoms with Crippen LogP contribution in [0.3, 0.4) is 0 Å². The molecule has 1 aromatic heterocycles. The van der Waals surface area contributed by atoms with Gasteiger partial charge in [0.15, 0.2) is 0 Å². The van der Waals surface area contributed by atoms with Gasteiger partial charge >= 0.3 is 0 Å². The van der Waals surface area contributed by atoms with Crippen molar-refractivity contribution in [1.29, 1.82) is 0 Å². The number of aryl methyl sites for hydroxylation is 2. The number of aromatic nitrogens is 1. The number of benzene rings is 2. The molecule has 0 aliphatic carbocycles. The van der Waals surface area contributed by atoms with Crippen LogP contribution in [0.2, 0.25) is 5.02 Å². The second-order valence-electron chi connectivity index (χ2n) is 6.17. The highest BCUT2D eigenvalue weighted by Gasteiger charge is 2.17. The summed E-state index contributed by atoms with van der Waals surface area (Å²) >= 11 is 5.81. The molecular weight excluding hydrogens is 402 g/mol. The molecule has 0 saturated carbocycles. The van der Waals surface area contributed by atoms with Crippen LogP contribution in [0.1, 0.15) is 17.0 Å². The van der Waals surface area contributed by atoms with Crippen molar-refractivity contribution in [3.8, 4) is 0 Å². The normalized spacial score (nSPS) is 11.2. The van der Waals surface area contributed by atoms with Crippen LogP contribution in [0.25, 0.3) is 0 Å². The van der Waals surface area contributed by atoms with Crippen molar-refractivity contribution in [3.63, 3.8) is 0 Å². The van der Waals surface area contributed by atoms with Crippen LogP contribution in [0.5, 0.6) is 0 Å². The first-order chi connectivity index (χ1) is 13.2. The van der Waals surface area contributed by atoms with Crippen LogP contribution >= 0.6 is 11.6 Å². The van der Waals surface area contributed by atoms with Gasteiger partial charge in [-0.1, -0.05) is 22.8 Å². The fraction of sp³-hybridized carbons (Fsp3) is 0.158. The molecule has 0 saturated heterocycles. The second kappa shape index (κ2) is 8.04. The minimum atomic E-state index is -3.82. The lowest BCUT2D eigenvalue weighted by molar-refractivity contribution is -0.115. The number of halogens is 1. The van der Waals surface area contributed by atoms with E-state index in [2.05, 4.69) is 15.2 Å². The molecular formula is C19H18ClN3O4S. The van der Waals surface area contributed by atoms with Gasteiger partial charge in [-0.3, -0.25) is 9.52 Å². The Morgan fingerprint density at radius 1 is 1.11 bits per heavy atom. The molecule has 3 aromatic rings. The number of rotatable bonds is 6. The number of anilines is 2. The maximum absolute atomic E-state index is 12.6. The number of nitrogens with zero attached hydrogens (tertiary/aromatic N) is 1. The minimum Gasteiger partial charge on any atom is -0.361 e. The van der Waals surface area contributed by atoms with Gasteiger partial charge in [-0.25, -0.2) is 8.42 Å². The smallest absolute Gasteiger partial charge is 0.261 e. The second-order valence-corrected chi connectivity index (χ2v) is 8.29. The maximum atomic E-state index is 12.6. The van der Waals surface area contributed by atoms with Crippen molar-refractivity contribution in [3.05, 3.63) is 70.6 Å². The molecule has 2 aromatic carbocycles. The molecule has 3 rings (SSSR count). The maximum Gasteiger partial charge on any atom is 0.261 e. The summed E-state index contributed by atoms with van der Waals surface area (Å²) in [5.74, 6) is 0.283. The number of carbonyl (C=O) groups is 1. The Kier molecular flexibility index (Phi) is 5.71. The van der Waals surface area contributed by atoms with Gasteiger partial charge in [0.2, 0.25) is 5.91 Å². The molecule has 1 amide bonds. The Morgan fingerprint density at radius 3 is 2.46 bits per heavy atom. The summed E-state index contributed by atoms with van der Waals surface area (Å²) in [6.07, 6.45) is 0.0845. The Morgan fingerprint density at radius 2 is 1.82 bits per heavy atom. The molecule has 0 fully saturated rings. The average Bonchev–Trinajstić information content (AvgIpc) is 2.95. The molecule has 9 heteroatoms. The van der Waals surface area contributed by atoms with E-state index in [-0.39, 0.29) is 17.2 Å². The highest BCUT2D eigenvalue weighted by Crippen LogP contribution is 2.21. The van der Waals surface area contributed by atoms with Crippen molar-refractivity contribution in [2.75, 3.05) is 10.0 Å². The molecule has 0 radical (unpaired) electrons. The number of hydrogen-bond donors (Lipinski definition) is 2. The van der Waals surface area contributed by atoms with Crippen LogP contribution in [0.4, 0.5) is 11.4 Å². The van der Waals surface area contributed by atoms with Crippen molar-refractivity contribution < 1.29 is 17.7 Å². The lowest BCUT2D eigenvalue weighted by Crippen LogP contribution is -2.16. The number of sulfonamides is 1. The van der Waals surface area contributed by atoms with Crippen LogP contribution in [-0.4, -0.2) is 19.5 Å². The minimum absolute atomic E-state index is 0.0255. The first-order valence-corrected chi connectivity index (χ1v) is 10.2. The van der Waals surface area contributed by atoms with E-state index in [0.29, 0.717) is 33.4 Å². The van der Waals surface area contributed by atoms with Crippen molar-refractivity contribution in [2.45, 2.75) is 25.2 Å². The van der Waals surface area contributed by atoms with E-state index in [4.69, 9.17) is 16.1 Å². The van der Waals surface area contributed by atoms with Crippen molar-refractivity contribution in [1.82, 2.24) is 5.16 Å². The molecule has 146 valence electrons. The number of amides is 1. The molecule has 28 heavy (non-hydrogen) atoms. The predicted molar refractivity (Wildman–Crippen MR) is 107 cm³/mol. The lowest BCUT2D eigenvalue weighted by atomic mass is 10.1. The highest BCUT2D eigenvalue weighted by atomic mass is 35.5. The van der Waals surface area contributed by atoms with E-state index >= 15 is 0 Å². The summed E-state index contributed by atoms with van der Waals surface area (Å²) in [5.41, 5.74) is 2.12. The summed E-state index contributed by atoms with van der Waals surface area (Å²) in [6.45, 7) is 3.49. The van der Waals surface area contributed by atoms with Crippen LogP contribution < -0.4 is 10.0 Å². The van der Waals surface area contributed by atoms with Gasteiger partial charge in [0.1, 0.15) is 5.76 Å². The van der Waals surface area contributed by atoms with Gasteiger partial charge in [0.25, 0.3) is 10.0 Å². The van der Waals surface area contributed by atoms with E-state index in [1.165, 1.54) is 12.1 Å². The number of carbonyl (C=O) groups excluding carboxylic acids is 1. The van der Waals surface area contributed by atoms with E-state index in [9.17, 15) is 13.2 Å². The van der Waals surface area contributed by atoms with Gasteiger partial charge in [0.05, 0.1) is 17.0 Å². The van der Waals surface area contributed by atoms with Crippen LogP contribution in [0.15, 0.2) is 57.9 Å². The van der Waals surface area contributed by atoms with Gasteiger partial charge in [-0.05, 0) is 56.3 Å². The fourth-order valence-corrected chi connectivity index (χ4v) is 3.82. The monoisotopic (exact) mass is 419 g/mol. The summed E-state index contributed by atoms with van der Waals surface area (Å²) in [4.78, 5) is 12.3. The zero-order chi connectivity index (χ0) is 20.3. The molecule has 1 heterocycles. The third kappa shape index (κ3) is 4.71. The molecule has 0 bridgehead atoms. The molecule has 0 aliphatic rings. The average molecular weight is 420 g/mol. The largest absolute Gasteiger partial charge is 0.361 e. The Labute approximate surface area is 167 Å². The van der Waals surface area contributed by atoms with E-state index in [1.54, 1.807) is 50.2 Å². The fourth-order valence-electron chi connectivity index (χ4n) is 2.59. The third-order valence-electron chi connectivity index (χ3n) is 4.04. The third-order valence-corrected chi connectivity index (χ3v) is 5.67. The molecule has 0 spiro atoms. The SMILES string of the molecule is Cc1noc(C)c1CC(=O)Nc1cccc(S(=O)(=O)Nc2ccc(Cl)cc2)c1. The highest BCUT2D eigenvalue weighted by molar-refractivity contribution is 7.92. The van der Waals surface area contributed by atoms with Gasteiger partial charge in [-0.15, -0.1) is 0 Å². The van der Waals surface area contributed by atoms with E-state index in [1.807, 2.05) is 0 Å². The topological polar surface area (TPSA) is 101 Å². The molecule has 0 unspecified atom stereocenters. The summed E-state index contributed by atoms with van der Waals surface area (Å²) in [7, 11) is -3.82. The lowest BCUT2D eigenvalue weighted by Gasteiger charge is -2.10. The zero-order valence-corrected chi connectivity index (χ0v) is 16.8. The summed E-state index contributed by atoms with van der Waals surface area (Å²) < 4.78 is 32.7. The summed E-state index contributed by atoms with van der Waals surface area (Å²) in [5, 5.41) is 7.02. The van der Waals surface area contributed by atoms with Crippen LogP contribution in [0, 0.1) is 13.8 Å².